The van der Waals surface area contributed by atoms with Gasteiger partial charge in [0.2, 0.25) is 5.95 Å². The Morgan fingerprint density at radius 1 is 1.22 bits per heavy atom. The fourth-order valence-electron chi connectivity index (χ4n) is 1.97. The highest BCUT2D eigenvalue weighted by Gasteiger charge is 2.05. The van der Waals surface area contributed by atoms with Crippen LogP contribution in [0.1, 0.15) is 31.0 Å². The number of aryl methyl sites for hydroxylation is 1. The lowest BCUT2D eigenvalue weighted by molar-refractivity contribution is 0.775. The normalized spacial score (nSPS) is 10.6. The van der Waals surface area contributed by atoms with Gasteiger partial charge in [-0.1, -0.05) is 43.7 Å². The summed E-state index contributed by atoms with van der Waals surface area (Å²) in [6, 6.07) is 10.5. The van der Waals surface area contributed by atoms with Gasteiger partial charge in [-0.3, -0.25) is 0 Å². The van der Waals surface area contributed by atoms with Crippen molar-refractivity contribution in [2.75, 3.05) is 11.9 Å². The molecule has 18 heavy (non-hydrogen) atoms. The van der Waals surface area contributed by atoms with E-state index in [2.05, 4.69) is 52.3 Å². The summed E-state index contributed by atoms with van der Waals surface area (Å²) >= 11 is 0. The second-order valence-electron chi connectivity index (χ2n) is 4.60. The summed E-state index contributed by atoms with van der Waals surface area (Å²) in [5.41, 5.74) is 2.36. The molecule has 0 bridgehead atoms. The van der Waals surface area contributed by atoms with Crippen LogP contribution in [0, 0.1) is 6.92 Å². The maximum atomic E-state index is 4.53. The first kappa shape index (κ1) is 12.7. The first-order valence-corrected chi connectivity index (χ1v) is 6.61. The second kappa shape index (κ2) is 6.24. The number of aromatic nitrogens is 2. The van der Waals surface area contributed by atoms with Gasteiger partial charge in [0.15, 0.2) is 0 Å². The van der Waals surface area contributed by atoms with E-state index in [9.17, 15) is 0 Å². The zero-order chi connectivity index (χ0) is 12.8. The minimum atomic E-state index is 0.871. The molecule has 2 rings (SSSR count). The van der Waals surface area contributed by atoms with Gasteiger partial charge in [0.05, 0.1) is 12.2 Å². The molecule has 0 aliphatic carbocycles. The standard InChI is InChI=1S/C15H21N3/c1-3-4-10-16-15-17-13(2)11-18(15)12-14-8-6-5-7-9-14/h5-9,11H,3-4,10,12H2,1-2H3,(H,16,17). The van der Waals surface area contributed by atoms with E-state index in [0.29, 0.717) is 0 Å². The van der Waals surface area contributed by atoms with Gasteiger partial charge >= 0.3 is 0 Å². The molecule has 0 aliphatic heterocycles. The van der Waals surface area contributed by atoms with Crippen LogP contribution < -0.4 is 5.32 Å². The topological polar surface area (TPSA) is 29.9 Å². The molecule has 0 atom stereocenters. The zero-order valence-electron chi connectivity index (χ0n) is 11.2. The summed E-state index contributed by atoms with van der Waals surface area (Å²) in [4.78, 5) is 4.53. The number of imidazole rings is 1. The van der Waals surface area contributed by atoms with Crippen molar-refractivity contribution in [1.29, 1.82) is 0 Å². The summed E-state index contributed by atoms with van der Waals surface area (Å²) in [5.74, 6) is 0.977. The van der Waals surface area contributed by atoms with Gasteiger partial charge < -0.3 is 9.88 Å². The Morgan fingerprint density at radius 2 is 2.00 bits per heavy atom. The molecule has 1 heterocycles. The molecule has 96 valence electrons. The highest BCUT2D eigenvalue weighted by atomic mass is 15.2. The highest BCUT2D eigenvalue weighted by Crippen LogP contribution is 2.12. The molecule has 1 aromatic carbocycles. The molecule has 2 aromatic rings. The number of anilines is 1. The Balaban J connectivity index is 2.07. The Bertz CT molecular complexity index is 474. The first-order valence-electron chi connectivity index (χ1n) is 6.61. The van der Waals surface area contributed by atoms with Gasteiger partial charge in [-0.15, -0.1) is 0 Å². The number of nitrogens with zero attached hydrogens (tertiary/aromatic N) is 2. The van der Waals surface area contributed by atoms with Crippen LogP contribution >= 0.6 is 0 Å². The van der Waals surface area contributed by atoms with Gasteiger partial charge in [-0.05, 0) is 18.9 Å². The minimum Gasteiger partial charge on any atom is -0.356 e. The van der Waals surface area contributed by atoms with Gasteiger partial charge in [-0.25, -0.2) is 4.98 Å². The summed E-state index contributed by atoms with van der Waals surface area (Å²) in [6.07, 6.45) is 4.48. The Labute approximate surface area is 109 Å². The van der Waals surface area contributed by atoms with Crippen molar-refractivity contribution in [2.24, 2.45) is 0 Å². The lowest BCUT2D eigenvalue weighted by atomic mass is 10.2. The van der Waals surface area contributed by atoms with Crippen LogP contribution in [-0.4, -0.2) is 16.1 Å². The largest absolute Gasteiger partial charge is 0.356 e. The zero-order valence-corrected chi connectivity index (χ0v) is 11.2. The van der Waals surface area contributed by atoms with E-state index in [1.54, 1.807) is 0 Å². The molecule has 3 nitrogen and oxygen atoms in total. The van der Waals surface area contributed by atoms with Crippen LogP contribution in [0.15, 0.2) is 36.5 Å². The van der Waals surface area contributed by atoms with Gasteiger partial charge in [0, 0.05) is 12.7 Å². The summed E-state index contributed by atoms with van der Waals surface area (Å²) in [6.45, 7) is 6.09. The van der Waals surface area contributed by atoms with E-state index in [4.69, 9.17) is 0 Å². The number of unbranched alkanes of at least 4 members (excludes halogenated alkanes) is 1. The van der Waals surface area contributed by atoms with Gasteiger partial charge in [0.25, 0.3) is 0 Å². The van der Waals surface area contributed by atoms with Crippen molar-refractivity contribution >= 4 is 5.95 Å². The van der Waals surface area contributed by atoms with E-state index in [-0.39, 0.29) is 0 Å². The van der Waals surface area contributed by atoms with Crippen molar-refractivity contribution in [3.8, 4) is 0 Å². The number of rotatable bonds is 6. The highest BCUT2D eigenvalue weighted by molar-refractivity contribution is 5.30. The van der Waals surface area contributed by atoms with Crippen LogP contribution in [0.5, 0.6) is 0 Å². The molecular weight excluding hydrogens is 222 g/mol. The van der Waals surface area contributed by atoms with Crippen LogP contribution in [-0.2, 0) is 6.54 Å². The number of hydrogen-bond acceptors (Lipinski definition) is 2. The van der Waals surface area contributed by atoms with Crippen molar-refractivity contribution in [1.82, 2.24) is 9.55 Å². The van der Waals surface area contributed by atoms with Gasteiger partial charge in [-0.2, -0.15) is 0 Å². The molecule has 0 amide bonds. The molecule has 0 saturated heterocycles. The average Bonchev–Trinajstić information content (AvgIpc) is 2.71. The summed E-state index contributed by atoms with van der Waals surface area (Å²) in [5, 5.41) is 3.41. The van der Waals surface area contributed by atoms with E-state index in [0.717, 1.165) is 24.7 Å². The van der Waals surface area contributed by atoms with E-state index >= 15 is 0 Å². The van der Waals surface area contributed by atoms with Crippen molar-refractivity contribution in [3.63, 3.8) is 0 Å². The Hall–Kier alpha value is -1.77. The van der Waals surface area contributed by atoms with E-state index < -0.39 is 0 Å². The average molecular weight is 243 g/mol. The van der Waals surface area contributed by atoms with Crippen LogP contribution in [0.4, 0.5) is 5.95 Å². The molecule has 3 heteroatoms. The van der Waals surface area contributed by atoms with Crippen LogP contribution in [0.25, 0.3) is 0 Å². The quantitative estimate of drug-likeness (QED) is 0.787. The number of benzene rings is 1. The fraction of sp³-hybridized carbons (Fsp3) is 0.400. The van der Waals surface area contributed by atoms with Crippen molar-refractivity contribution in [3.05, 3.63) is 47.8 Å². The SMILES string of the molecule is CCCCNc1nc(C)cn1Cc1ccccc1. The molecule has 0 spiro atoms. The third kappa shape index (κ3) is 3.36. The fourth-order valence-corrected chi connectivity index (χ4v) is 1.97. The predicted molar refractivity (Wildman–Crippen MR) is 75.9 cm³/mol. The maximum absolute atomic E-state index is 4.53. The number of hydrogen-bond donors (Lipinski definition) is 1. The summed E-state index contributed by atoms with van der Waals surface area (Å²) in [7, 11) is 0. The number of nitrogens with one attached hydrogen (secondary N) is 1. The van der Waals surface area contributed by atoms with Crippen molar-refractivity contribution in [2.45, 2.75) is 33.2 Å². The minimum absolute atomic E-state index is 0.871. The van der Waals surface area contributed by atoms with Gasteiger partial charge in [0.1, 0.15) is 0 Å². The molecular formula is C15H21N3. The Kier molecular flexibility index (Phi) is 4.40. The second-order valence-corrected chi connectivity index (χ2v) is 4.60. The first-order chi connectivity index (χ1) is 8.79. The summed E-state index contributed by atoms with van der Waals surface area (Å²) < 4.78 is 2.18. The molecule has 0 fully saturated rings. The molecule has 0 unspecified atom stereocenters. The van der Waals surface area contributed by atoms with E-state index in [1.807, 2.05) is 13.0 Å². The predicted octanol–water partition coefficient (Wildman–Crippen LogP) is 3.45. The van der Waals surface area contributed by atoms with Crippen LogP contribution in [0.3, 0.4) is 0 Å². The maximum Gasteiger partial charge on any atom is 0.203 e. The molecule has 0 radical (unpaired) electrons. The molecule has 0 aliphatic rings. The van der Waals surface area contributed by atoms with Crippen LogP contribution in [0.2, 0.25) is 0 Å². The monoisotopic (exact) mass is 243 g/mol. The third-order valence-electron chi connectivity index (χ3n) is 2.91. The van der Waals surface area contributed by atoms with Crippen molar-refractivity contribution < 1.29 is 0 Å². The molecule has 1 N–H and O–H groups in total. The van der Waals surface area contributed by atoms with E-state index in [1.165, 1.54) is 18.4 Å². The molecule has 0 saturated carbocycles. The smallest absolute Gasteiger partial charge is 0.203 e. The molecule has 1 aromatic heterocycles. The Morgan fingerprint density at radius 3 is 2.72 bits per heavy atom. The third-order valence-corrected chi connectivity index (χ3v) is 2.91. The lowest BCUT2D eigenvalue weighted by Crippen LogP contribution is -2.09. The lowest BCUT2D eigenvalue weighted by Gasteiger charge is -2.09.